The zero-order chi connectivity index (χ0) is 16.8. The molecule has 0 aliphatic rings. The Balaban J connectivity index is 1.75. The van der Waals surface area contributed by atoms with Gasteiger partial charge in [-0.2, -0.15) is 5.10 Å². The molecule has 0 aromatic heterocycles. The first-order chi connectivity index (χ1) is 11.7. The number of hydrogen-bond acceptors (Lipinski definition) is 3. The van der Waals surface area contributed by atoms with E-state index in [0.717, 1.165) is 16.8 Å². The lowest BCUT2D eigenvalue weighted by molar-refractivity contribution is 0.0697. The van der Waals surface area contributed by atoms with E-state index in [1.807, 2.05) is 66.7 Å². The van der Waals surface area contributed by atoms with E-state index in [0.29, 0.717) is 11.1 Å². The lowest BCUT2D eigenvalue weighted by Gasteiger charge is -2.06. The van der Waals surface area contributed by atoms with Gasteiger partial charge in [-0.3, -0.25) is 5.43 Å². The van der Waals surface area contributed by atoms with Crippen LogP contribution in [-0.2, 0) is 0 Å². The first kappa shape index (κ1) is 15.5. The van der Waals surface area contributed by atoms with Crippen LogP contribution in [-0.4, -0.2) is 17.3 Å². The average Bonchev–Trinajstić information content (AvgIpc) is 2.63. The molecule has 3 aromatic rings. The quantitative estimate of drug-likeness (QED) is 0.538. The third-order valence-electron chi connectivity index (χ3n) is 3.56. The molecule has 0 aliphatic carbocycles. The molecule has 24 heavy (non-hydrogen) atoms. The number of carbonyl (C=O) groups is 1. The SMILES string of the molecule is O=C(O)c1ccccc1-c1ccc(C=NNc2ccccc2)cc1. The number of hydrazone groups is 1. The van der Waals surface area contributed by atoms with Gasteiger partial charge < -0.3 is 5.11 Å². The van der Waals surface area contributed by atoms with Crippen molar-refractivity contribution in [3.8, 4) is 11.1 Å². The predicted octanol–water partition coefficient (Wildman–Crippen LogP) is 4.50. The van der Waals surface area contributed by atoms with Gasteiger partial charge in [0.05, 0.1) is 17.5 Å². The molecule has 3 aromatic carbocycles. The van der Waals surface area contributed by atoms with Gasteiger partial charge in [-0.05, 0) is 34.9 Å². The van der Waals surface area contributed by atoms with Gasteiger partial charge in [-0.25, -0.2) is 4.79 Å². The summed E-state index contributed by atoms with van der Waals surface area (Å²) in [4.78, 5) is 11.3. The smallest absolute Gasteiger partial charge is 0.336 e. The van der Waals surface area contributed by atoms with Gasteiger partial charge in [-0.15, -0.1) is 0 Å². The zero-order valence-electron chi connectivity index (χ0n) is 12.9. The number of nitrogens with zero attached hydrogens (tertiary/aromatic N) is 1. The fourth-order valence-electron chi connectivity index (χ4n) is 2.36. The fraction of sp³-hybridized carbons (Fsp3) is 0. The summed E-state index contributed by atoms with van der Waals surface area (Å²) in [6.45, 7) is 0. The zero-order valence-corrected chi connectivity index (χ0v) is 12.9. The summed E-state index contributed by atoms with van der Waals surface area (Å²) < 4.78 is 0. The maximum Gasteiger partial charge on any atom is 0.336 e. The summed E-state index contributed by atoms with van der Waals surface area (Å²) in [7, 11) is 0. The number of nitrogens with one attached hydrogen (secondary N) is 1. The Hall–Kier alpha value is -3.40. The minimum Gasteiger partial charge on any atom is -0.478 e. The van der Waals surface area contributed by atoms with E-state index >= 15 is 0 Å². The van der Waals surface area contributed by atoms with Crippen LogP contribution in [0.2, 0.25) is 0 Å². The summed E-state index contributed by atoms with van der Waals surface area (Å²) in [6, 6.07) is 24.3. The van der Waals surface area contributed by atoms with Crippen molar-refractivity contribution in [1.29, 1.82) is 0 Å². The van der Waals surface area contributed by atoms with Gasteiger partial charge >= 0.3 is 5.97 Å². The summed E-state index contributed by atoms with van der Waals surface area (Å²) in [5.41, 5.74) is 6.66. The van der Waals surface area contributed by atoms with E-state index in [2.05, 4.69) is 10.5 Å². The Morgan fingerprint density at radius 3 is 2.25 bits per heavy atom. The molecule has 0 aliphatic heterocycles. The number of rotatable bonds is 5. The second kappa shape index (κ2) is 7.24. The third kappa shape index (κ3) is 3.67. The normalized spacial score (nSPS) is 10.7. The van der Waals surface area contributed by atoms with E-state index in [-0.39, 0.29) is 0 Å². The van der Waals surface area contributed by atoms with Gasteiger partial charge in [-0.1, -0.05) is 60.7 Å². The van der Waals surface area contributed by atoms with Crippen LogP contribution in [0.1, 0.15) is 15.9 Å². The average molecular weight is 316 g/mol. The molecule has 3 rings (SSSR count). The van der Waals surface area contributed by atoms with Crippen molar-refractivity contribution in [3.63, 3.8) is 0 Å². The number of carboxylic acids is 1. The van der Waals surface area contributed by atoms with Gasteiger partial charge in [0.1, 0.15) is 0 Å². The number of hydrogen-bond donors (Lipinski definition) is 2. The van der Waals surface area contributed by atoms with Crippen molar-refractivity contribution < 1.29 is 9.90 Å². The molecule has 0 unspecified atom stereocenters. The fourth-order valence-corrected chi connectivity index (χ4v) is 2.36. The van der Waals surface area contributed by atoms with Crippen molar-refractivity contribution in [2.24, 2.45) is 5.10 Å². The molecule has 118 valence electrons. The van der Waals surface area contributed by atoms with Crippen molar-refractivity contribution in [2.75, 3.05) is 5.43 Å². The molecule has 0 spiro atoms. The van der Waals surface area contributed by atoms with Crippen molar-refractivity contribution >= 4 is 17.9 Å². The van der Waals surface area contributed by atoms with Gasteiger partial charge in [0.25, 0.3) is 0 Å². The molecule has 0 saturated carbocycles. The Kier molecular flexibility index (Phi) is 4.68. The summed E-state index contributed by atoms with van der Waals surface area (Å²) in [6.07, 6.45) is 1.72. The Morgan fingerprint density at radius 2 is 1.54 bits per heavy atom. The lowest BCUT2D eigenvalue weighted by Crippen LogP contribution is -1.99. The Morgan fingerprint density at radius 1 is 0.875 bits per heavy atom. The summed E-state index contributed by atoms with van der Waals surface area (Å²) in [5.74, 6) is -0.927. The van der Waals surface area contributed by atoms with E-state index in [9.17, 15) is 9.90 Å². The number of carboxylic acid groups (broad SMARTS) is 1. The maximum absolute atomic E-state index is 11.3. The molecule has 0 fully saturated rings. The topological polar surface area (TPSA) is 61.7 Å². The predicted molar refractivity (Wildman–Crippen MR) is 96.5 cm³/mol. The highest BCUT2D eigenvalue weighted by Crippen LogP contribution is 2.23. The van der Waals surface area contributed by atoms with Crippen LogP contribution in [0.4, 0.5) is 5.69 Å². The van der Waals surface area contributed by atoms with Crippen molar-refractivity contribution in [3.05, 3.63) is 90.0 Å². The second-order valence-corrected chi connectivity index (χ2v) is 5.21. The molecular formula is C20H16N2O2. The maximum atomic E-state index is 11.3. The highest BCUT2D eigenvalue weighted by Gasteiger charge is 2.10. The first-order valence-electron chi connectivity index (χ1n) is 7.51. The first-order valence-corrected chi connectivity index (χ1v) is 7.51. The van der Waals surface area contributed by atoms with E-state index in [1.165, 1.54) is 0 Å². The highest BCUT2D eigenvalue weighted by molar-refractivity contribution is 5.96. The minimum absolute atomic E-state index is 0.296. The summed E-state index contributed by atoms with van der Waals surface area (Å²) >= 11 is 0. The molecule has 0 bridgehead atoms. The van der Waals surface area contributed by atoms with Crippen LogP contribution < -0.4 is 5.43 Å². The molecule has 0 saturated heterocycles. The van der Waals surface area contributed by atoms with Crippen LogP contribution >= 0.6 is 0 Å². The number of para-hydroxylation sites is 1. The third-order valence-corrected chi connectivity index (χ3v) is 3.56. The van der Waals surface area contributed by atoms with E-state index < -0.39 is 5.97 Å². The number of aromatic carboxylic acids is 1. The van der Waals surface area contributed by atoms with Gasteiger partial charge in [0, 0.05) is 0 Å². The number of anilines is 1. The Bertz CT molecular complexity index is 856. The molecular weight excluding hydrogens is 300 g/mol. The molecule has 2 N–H and O–H groups in total. The van der Waals surface area contributed by atoms with Crippen LogP contribution in [0, 0.1) is 0 Å². The van der Waals surface area contributed by atoms with E-state index in [1.54, 1.807) is 18.3 Å². The number of benzene rings is 3. The van der Waals surface area contributed by atoms with Crippen LogP contribution in [0.5, 0.6) is 0 Å². The molecule has 0 amide bonds. The van der Waals surface area contributed by atoms with Crippen LogP contribution in [0.25, 0.3) is 11.1 Å². The van der Waals surface area contributed by atoms with Gasteiger partial charge in [0.15, 0.2) is 0 Å². The molecule has 0 atom stereocenters. The Labute approximate surface area is 140 Å². The minimum atomic E-state index is -0.927. The van der Waals surface area contributed by atoms with Crippen LogP contribution in [0.3, 0.4) is 0 Å². The van der Waals surface area contributed by atoms with Crippen molar-refractivity contribution in [2.45, 2.75) is 0 Å². The van der Waals surface area contributed by atoms with Crippen LogP contribution in [0.15, 0.2) is 84.0 Å². The second-order valence-electron chi connectivity index (χ2n) is 5.21. The standard InChI is InChI=1S/C20H16N2O2/c23-20(24)19-9-5-4-8-18(19)16-12-10-15(11-13-16)14-21-22-17-6-2-1-3-7-17/h1-14,22H,(H,23,24). The van der Waals surface area contributed by atoms with E-state index in [4.69, 9.17) is 0 Å². The molecule has 0 radical (unpaired) electrons. The lowest BCUT2D eigenvalue weighted by atomic mass is 9.99. The van der Waals surface area contributed by atoms with Gasteiger partial charge in [0.2, 0.25) is 0 Å². The summed E-state index contributed by atoms with van der Waals surface area (Å²) in [5, 5.41) is 13.5. The largest absolute Gasteiger partial charge is 0.478 e. The molecule has 0 heterocycles. The molecule has 4 nitrogen and oxygen atoms in total. The monoisotopic (exact) mass is 316 g/mol. The highest BCUT2D eigenvalue weighted by atomic mass is 16.4. The molecule has 4 heteroatoms. The van der Waals surface area contributed by atoms with Crippen molar-refractivity contribution in [1.82, 2.24) is 0 Å².